The van der Waals surface area contributed by atoms with Gasteiger partial charge in [0.1, 0.15) is 6.54 Å². The molecule has 1 aliphatic heterocycles. The van der Waals surface area contributed by atoms with Crippen LogP contribution >= 0.6 is 0 Å². The molecule has 0 saturated carbocycles. The highest BCUT2D eigenvalue weighted by atomic mass is 16.2. The first-order chi connectivity index (χ1) is 16.5. The average molecular weight is 454 g/mol. The smallest absolute Gasteiger partial charge is 0.326 e. The zero-order valence-corrected chi connectivity index (χ0v) is 19.1. The highest BCUT2D eigenvalue weighted by Gasteiger charge is 2.54. The van der Waals surface area contributed by atoms with E-state index in [0.717, 1.165) is 29.7 Å². The van der Waals surface area contributed by atoms with Gasteiger partial charge in [-0.2, -0.15) is 0 Å². The SMILES string of the molecule is CN(C(=O)CN1C(=O)NC(c2ccccc2)(c2ccccc2)C1=O)C1CCCc2ccccc21. The van der Waals surface area contributed by atoms with E-state index in [4.69, 9.17) is 0 Å². The Morgan fingerprint density at radius 1 is 0.941 bits per heavy atom. The third kappa shape index (κ3) is 3.55. The average Bonchev–Trinajstić information content (AvgIpc) is 3.14. The van der Waals surface area contributed by atoms with E-state index in [0.29, 0.717) is 11.1 Å². The number of carbonyl (C=O) groups is 3. The monoisotopic (exact) mass is 453 g/mol. The van der Waals surface area contributed by atoms with E-state index in [-0.39, 0.29) is 18.5 Å². The summed E-state index contributed by atoms with van der Waals surface area (Å²) in [5.74, 6) is -0.706. The largest absolute Gasteiger partial charge is 0.337 e. The minimum Gasteiger partial charge on any atom is -0.337 e. The lowest BCUT2D eigenvalue weighted by Crippen LogP contribution is -2.46. The number of urea groups is 1. The van der Waals surface area contributed by atoms with Gasteiger partial charge in [0.2, 0.25) is 5.91 Å². The van der Waals surface area contributed by atoms with Crippen molar-refractivity contribution in [2.24, 2.45) is 0 Å². The third-order valence-corrected chi connectivity index (χ3v) is 7.01. The normalized spacial score (nSPS) is 18.9. The number of carbonyl (C=O) groups excluding carboxylic acids is 3. The summed E-state index contributed by atoms with van der Waals surface area (Å²) in [5.41, 5.74) is 2.34. The standard InChI is InChI=1S/C28H27N3O3/c1-30(24-18-10-12-20-11-8-9-17-23(20)24)25(32)19-31-26(33)28(29-27(31)34,21-13-4-2-5-14-21)22-15-6-3-7-16-22/h2-9,11,13-17,24H,10,12,18-19H2,1H3,(H,29,34). The van der Waals surface area contributed by atoms with Gasteiger partial charge in [-0.05, 0) is 41.5 Å². The van der Waals surface area contributed by atoms with E-state index in [2.05, 4.69) is 17.4 Å². The molecule has 0 spiro atoms. The van der Waals surface area contributed by atoms with Crippen LogP contribution in [0.1, 0.15) is 41.1 Å². The molecule has 3 aromatic rings. The van der Waals surface area contributed by atoms with Crippen molar-refractivity contribution in [1.29, 1.82) is 0 Å². The number of benzene rings is 3. The maximum absolute atomic E-state index is 13.8. The van der Waals surface area contributed by atoms with E-state index in [9.17, 15) is 14.4 Å². The molecule has 0 bridgehead atoms. The molecule has 1 atom stereocenters. The summed E-state index contributed by atoms with van der Waals surface area (Å²) < 4.78 is 0. The van der Waals surface area contributed by atoms with Gasteiger partial charge in [-0.15, -0.1) is 0 Å². The van der Waals surface area contributed by atoms with E-state index in [1.807, 2.05) is 72.8 Å². The van der Waals surface area contributed by atoms with Crippen LogP contribution in [0.5, 0.6) is 0 Å². The van der Waals surface area contributed by atoms with Crippen molar-refractivity contribution in [2.75, 3.05) is 13.6 Å². The highest BCUT2D eigenvalue weighted by Crippen LogP contribution is 2.37. The van der Waals surface area contributed by atoms with Crippen molar-refractivity contribution in [3.05, 3.63) is 107 Å². The van der Waals surface area contributed by atoms with Crippen LogP contribution in [0.15, 0.2) is 84.9 Å². The summed E-state index contributed by atoms with van der Waals surface area (Å²) in [7, 11) is 1.76. The molecule has 3 aromatic carbocycles. The first kappa shape index (κ1) is 21.9. The van der Waals surface area contributed by atoms with Crippen LogP contribution in [0, 0.1) is 0 Å². The summed E-state index contributed by atoms with van der Waals surface area (Å²) in [6.07, 6.45) is 2.85. The maximum Gasteiger partial charge on any atom is 0.326 e. The fourth-order valence-electron chi connectivity index (χ4n) is 5.21. The van der Waals surface area contributed by atoms with Crippen LogP contribution in [0.4, 0.5) is 4.79 Å². The van der Waals surface area contributed by atoms with Crippen LogP contribution < -0.4 is 5.32 Å². The van der Waals surface area contributed by atoms with E-state index < -0.39 is 17.5 Å². The molecule has 1 N–H and O–H groups in total. The number of nitrogens with one attached hydrogen (secondary N) is 1. The number of hydrogen-bond acceptors (Lipinski definition) is 3. The van der Waals surface area contributed by atoms with Crippen LogP contribution in [0.25, 0.3) is 0 Å². The fraction of sp³-hybridized carbons (Fsp3) is 0.250. The van der Waals surface area contributed by atoms with Crippen molar-refractivity contribution < 1.29 is 14.4 Å². The molecule has 0 radical (unpaired) electrons. The van der Waals surface area contributed by atoms with Gasteiger partial charge in [-0.25, -0.2) is 4.79 Å². The Bertz CT molecular complexity index is 1190. The van der Waals surface area contributed by atoms with Crippen molar-refractivity contribution >= 4 is 17.8 Å². The molecule has 6 nitrogen and oxygen atoms in total. The van der Waals surface area contributed by atoms with Gasteiger partial charge in [0.15, 0.2) is 5.54 Å². The third-order valence-electron chi connectivity index (χ3n) is 7.01. The first-order valence-electron chi connectivity index (χ1n) is 11.6. The van der Waals surface area contributed by atoms with Gasteiger partial charge in [0.25, 0.3) is 5.91 Å². The molecule has 1 fully saturated rings. The minimum absolute atomic E-state index is 0.0637. The number of hydrogen-bond donors (Lipinski definition) is 1. The zero-order valence-electron chi connectivity index (χ0n) is 19.1. The lowest BCUT2D eigenvalue weighted by molar-refractivity contribution is -0.139. The number of aryl methyl sites for hydroxylation is 1. The van der Waals surface area contributed by atoms with Crippen molar-refractivity contribution in [1.82, 2.24) is 15.1 Å². The van der Waals surface area contributed by atoms with Gasteiger partial charge in [-0.1, -0.05) is 84.9 Å². The Labute approximate surface area is 199 Å². The molecule has 1 unspecified atom stereocenters. The molecule has 0 aromatic heterocycles. The fourth-order valence-corrected chi connectivity index (χ4v) is 5.21. The van der Waals surface area contributed by atoms with Crippen LogP contribution in [0.3, 0.4) is 0 Å². The molecule has 4 amide bonds. The molecule has 5 rings (SSSR count). The molecule has 172 valence electrons. The lowest BCUT2D eigenvalue weighted by atomic mass is 9.82. The summed E-state index contributed by atoms with van der Waals surface area (Å²) >= 11 is 0. The Balaban J connectivity index is 1.44. The van der Waals surface area contributed by atoms with E-state index in [1.165, 1.54) is 5.56 Å². The minimum atomic E-state index is -1.37. The summed E-state index contributed by atoms with van der Waals surface area (Å²) in [6.45, 7) is -0.304. The topological polar surface area (TPSA) is 69.7 Å². The molecular formula is C28H27N3O3. The quantitative estimate of drug-likeness (QED) is 0.594. The number of imide groups is 1. The van der Waals surface area contributed by atoms with Gasteiger partial charge in [-0.3, -0.25) is 14.5 Å². The Morgan fingerprint density at radius 3 is 2.18 bits per heavy atom. The van der Waals surface area contributed by atoms with Crippen LogP contribution in [0.2, 0.25) is 0 Å². The lowest BCUT2D eigenvalue weighted by Gasteiger charge is -2.34. The van der Waals surface area contributed by atoms with Gasteiger partial charge in [0, 0.05) is 7.05 Å². The molecular weight excluding hydrogens is 426 g/mol. The maximum atomic E-state index is 13.8. The first-order valence-corrected chi connectivity index (χ1v) is 11.6. The van der Waals surface area contributed by atoms with Gasteiger partial charge in [0.05, 0.1) is 6.04 Å². The number of amides is 4. The van der Waals surface area contributed by atoms with Crippen molar-refractivity contribution in [3.8, 4) is 0 Å². The second-order valence-corrected chi connectivity index (χ2v) is 8.91. The predicted molar refractivity (Wildman–Crippen MR) is 129 cm³/mol. The zero-order chi connectivity index (χ0) is 23.7. The predicted octanol–water partition coefficient (Wildman–Crippen LogP) is 4.02. The van der Waals surface area contributed by atoms with Crippen molar-refractivity contribution in [3.63, 3.8) is 0 Å². The molecule has 1 heterocycles. The van der Waals surface area contributed by atoms with E-state index in [1.54, 1.807) is 11.9 Å². The summed E-state index contributed by atoms with van der Waals surface area (Å²) in [4.78, 5) is 43.0. The van der Waals surface area contributed by atoms with Crippen LogP contribution in [-0.4, -0.2) is 41.2 Å². The molecule has 1 saturated heterocycles. The Morgan fingerprint density at radius 2 is 1.53 bits per heavy atom. The summed E-state index contributed by atoms with van der Waals surface area (Å²) in [6, 6.07) is 25.9. The molecule has 1 aliphatic carbocycles. The molecule has 6 heteroatoms. The second kappa shape index (κ2) is 8.78. The van der Waals surface area contributed by atoms with Crippen LogP contribution in [-0.2, 0) is 21.5 Å². The molecule has 2 aliphatic rings. The number of rotatable bonds is 5. The van der Waals surface area contributed by atoms with E-state index >= 15 is 0 Å². The van der Waals surface area contributed by atoms with Crippen molar-refractivity contribution in [2.45, 2.75) is 30.8 Å². The van der Waals surface area contributed by atoms with Gasteiger partial charge < -0.3 is 10.2 Å². The molecule has 34 heavy (non-hydrogen) atoms. The Kier molecular flexibility index (Phi) is 5.65. The summed E-state index contributed by atoms with van der Waals surface area (Å²) in [5, 5.41) is 2.91. The highest BCUT2D eigenvalue weighted by molar-refractivity contribution is 6.11. The number of likely N-dealkylation sites (N-methyl/N-ethyl adjacent to an activating group) is 1. The second-order valence-electron chi connectivity index (χ2n) is 8.91. The Hall–Kier alpha value is -3.93. The van der Waals surface area contributed by atoms with Gasteiger partial charge >= 0.3 is 6.03 Å². The number of fused-ring (bicyclic) bond motifs is 1. The number of nitrogens with zero attached hydrogens (tertiary/aromatic N) is 2.